The van der Waals surface area contributed by atoms with Crippen LogP contribution >= 0.6 is 0 Å². The van der Waals surface area contributed by atoms with Crippen LogP contribution in [0.5, 0.6) is 5.75 Å². The van der Waals surface area contributed by atoms with Crippen molar-refractivity contribution in [3.8, 4) is 17.1 Å². The molecule has 3 N–H and O–H groups in total. The zero-order valence-electron chi connectivity index (χ0n) is 30.6. The molecule has 4 heterocycles. The fraction of sp³-hybridized carbons (Fsp3) is 0.410. The number of anilines is 1. The molecule has 6 rings (SSSR count). The highest BCUT2D eigenvalue weighted by Crippen LogP contribution is 2.41. The van der Waals surface area contributed by atoms with Gasteiger partial charge in [0, 0.05) is 28.3 Å². The number of aryl methyl sites for hydroxylation is 1. The molecule has 13 nitrogen and oxygen atoms in total. The van der Waals surface area contributed by atoms with Crippen LogP contribution in [-0.4, -0.2) is 57.5 Å². The van der Waals surface area contributed by atoms with Crippen molar-refractivity contribution in [2.75, 3.05) is 18.5 Å². The number of alkyl carbamates (subject to hydrolysis) is 1. The Labute approximate surface area is 305 Å². The summed E-state index contributed by atoms with van der Waals surface area (Å²) in [5.41, 5.74) is 1.91. The number of aromatic nitrogens is 2. The number of benzene rings is 2. The standard InChI is InChI=1S/C39H43FN4O9/c1-7-24-25-15-32(51-14-13-50-19-22-9-11-23(12-10-22)42-34(45)21(3)41-37(48)53-38(4,5)6)29(40)17-30(25)43-33-26(24)18-44-31(33)16-28-27(35(44)46)20-52-36(47)39(28,49)8-2/h9-12,15-17,21,49H,7-8,13-14,18-20H2,1-6H3,(H,41,48)(H,42,45)/t21-,39-/m0/s1. The van der Waals surface area contributed by atoms with E-state index in [1.165, 1.54) is 6.07 Å². The molecular weight excluding hydrogens is 687 g/mol. The monoisotopic (exact) mass is 730 g/mol. The van der Waals surface area contributed by atoms with Gasteiger partial charge in [-0.15, -0.1) is 0 Å². The Morgan fingerprint density at radius 1 is 1.09 bits per heavy atom. The third-order valence-corrected chi connectivity index (χ3v) is 9.31. The van der Waals surface area contributed by atoms with E-state index in [1.54, 1.807) is 75.6 Å². The molecule has 4 aromatic rings. The summed E-state index contributed by atoms with van der Waals surface area (Å²) in [5, 5.41) is 17.1. The second kappa shape index (κ2) is 14.6. The molecule has 2 amide bonds. The van der Waals surface area contributed by atoms with E-state index in [0.29, 0.717) is 34.4 Å². The zero-order valence-corrected chi connectivity index (χ0v) is 30.6. The number of hydrogen-bond donors (Lipinski definition) is 3. The summed E-state index contributed by atoms with van der Waals surface area (Å²) in [6, 6.07) is 10.8. The summed E-state index contributed by atoms with van der Waals surface area (Å²) in [6.45, 7) is 10.9. The molecule has 0 spiro atoms. The number of cyclic esters (lactones) is 1. The minimum absolute atomic E-state index is 0.0333. The molecular formula is C39H43FN4O9. The third-order valence-electron chi connectivity index (χ3n) is 9.31. The number of halogens is 1. The van der Waals surface area contributed by atoms with Gasteiger partial charge in [0.05, 0.1) is 42.2 Å². The van der Waals surface area contributed by atoms with Crippen molar-refractivity contribution in [1.82, 2.24) is 14.9 Å². The Morgan fingerprint density at radius 3 is 2.51 bits per heavy atom. The summed E-state index contributed by atoms with van der Waals surface area (Å²) in [4.78, 5) is 55.3. The molecule has 0 bridgehead atoms. The van der Waals surface area contributed by atoms with E-state index in [9.17, 15) is 24.3 Å². The van der Waals surface area contributed by atoms with E-state index in [2.05, 4.69) is 10.6 Å². The minimum atomic E-state index is -1.94. The molecule has 0 unspecified atom stereocenters. The molecule has 2 aromatic heterocycles. The highest BCUT2D eigenvalue weighted by atomic mass is 19.1. The van der Waals surface area contributed by atoms with Crippen molar-refractivity contribution >= 4 is 34.6 Å². The lowest BCUT2D eigenvalue weighted by Gasteiger charge is -2.31. The van der Waals surface area contributed by atoms with Crippen molar-refractivity contribution in [2.24, 2.45) is 0 Å². The largest absolute Gasteiger partial charge is 0.488 e. The first-order chi connectivity index (χ1) is 25.1. The summed E-state index contributed by atoms with van der Waals surface area (Å²) >= 11 is 0. The molecule has 2 aromatic carbocycles. The molecule has 0 fully saturated rings. The normalized spacial score (nSPS) is 16.6. The van der Waals surface area contributed by atoms with Crippen LogP contribution < -0.4 is 20.9 Å². The van der Waals surface area contributed by atoms with Gasteiger partial charge in [-0.1, -0.05) is 26.0 Å². The fourth-order valence-electron chi connectivity index (χ4n) is 6.56. The second-order valence-corrected chi connectivity index (χ2v) is 14.1. The van der Waals surface area contributed by atoms with Gasteiger partial charge in [0.1, 0.15) is 24.9 Å². The minimum Gasteiger partial charge on any atom is -0.488 e. The number of rotatable bonds is 11. The summed E-state index contributed by atoms with van der Waals surface area (Å²) < 4.78 is 38.8. The Morgan fingerprint density at radius 2 is 1.83 bits per heavy atom. The van der Waals surface area contributed by atoms with E-state index in [0.717, 1.165) is 16.7 Å². The molecule has 0 saturated carbocycles. The number of ether oxygens (including phenoxy) is 4. The molecule has 53 heavy (non-hydrogen) atoms. The number of fused-ring (bicyclic) bond motifs is 5. The van der Waals surface area contributed by atoms with Gasteiger partial charge in [-0.05, 0) is 75.9 Å². The predicted molar refractivity (Wildman–Crippen MR) is 193 cm³/mol. The summed E-state index contributed by atoms with van der Waals surface area (Å²) in [6.07, 6.45) is -0.0755. The van der Waals surface area contributed by atoms with Crippen molar-refractivity contribution in [3.05, 3.63) is 86.5 Å². The molecule has 280 valence electrons. The highest BCUT2D eigenvalue weighted by molar-refractivity contribution is 5.96. The van der Waals surface area contributed by atoms with E-state index in [4.69, 9.17) is 23.9 Å². The van der Waals surface area contributed by atoms with Crippen LogP contribution in [0.2, 0.25) is 0 Å². The van der Waals surface area contributed by atoms with Crippen LogP contribution in [0.15, 0.2) is 47.3 Å². The lowest BCUT2D eigenvalue weighted by Crippen LogP contribution is -2.44. The Kier molecular flexibility index (Phi) is 10.3. The molecule has 0 saturated heterocycles. The molecule has 0 aliphatic carbocycles. The van der Waals surface area contributed by atoms with Crippen LogP contribution in [0.25, 0.3) is 22.3 Å². The first-order valence-corrected chi connectivity index (χ1v) is 17.6. The highest BCUT2D eigenvalue weighted by Gasteiger charge is 2.45. The van der Waals surface area contributed by atoms with Gasteiger partial charge in [0.2, 0.25) is 5.91 Å². The van der Waals surface area contributed by atoms with Crippen molar-refractivity contribution < 1.29 is 42.8 Å². The molecule has 2 aliphatic heterocycles. The number of carbonyl (C=O) groups excluding carboxylic acids is 3. The number of pyridine rings is 2. The van der Waals surface area contributed by atoms with Crippen LogP contribution in [0.1, 0.15) is 75.8 Å². The lowest BCUT2D eigenvalue weighted by atomic mass is 9.86. The van der Waals surface area contributed by atoms with E-state index in [-0.39, 0.29) is 61.8 Å². The molecule has 2 aliphatic rings. The third kappa shape index (κ3) is 7.46. The lowest BCUT2D eigenvalue weighted by molar-refractivity contribution is -0.172. The second-order valence-electron chi connectivity index (χ2n) is 14.1. The predicted octanol–water partition coefficient (Wildman–Crippen LogP) is 5.23. The van der Waals surface area contributed by atoms with Gasteiger partial charge in [-0.25, -0.2) is 19.0 Å². The number of nitrogens with zero attached hydrogens (tertiary/aromatic N) is 2. The summed E-state index contributed by atoms with van der Waals surface area (Å²) in [5.74, 6) is -1.76. The topological polar surface area (TPSA) is 167 Å². The number of esters is 1. The smallest absolute Gasteiger partial charge is 0.408 e. The van der Waals surface area contributed by atoms with Gasteiger partial charge in [-0.3, -0.25) is 9.59 Å². The molecule has 14 heteroatoms. The van der Waals surface area contributed by atoms with Gasteiger partial charge in [-0.2, -0.15) is 0 Å². The van der Waals surface area contributed by atoms with Gasteiger partial charge >= 0.3 is 12.1 Å². The van der Waals surface area contributed by atoms with Gasteiger partial charge in [0.15, 0.2) is 17.2 Å². The van der Waals surface area contributed by atoms with Gasteiger partial charge in [0.25, 0.3) is 5.56 Å². The Balaban J connectivity index is 1.08. The SMILES string of the molecule is CCc1c2c(nc3cc(F)c(OCCOCc4ccc(NC(=O)[C@H](C)NC(=O)OC(C)(C)C)cc4)cc13)-c1cc3c(c(=O)n1C2)COC(=O)[C@]3(O)CC. The zero-order chi connectivity index (χ0) is 38.2. The van der Waals surface area contributed by atoms with E-state index >= 15 is 4.39 Å². The average molecular weight is 731 g/mol. The maximum Gasteiger partial charge on any atom is 0.408 e. The van der Waals surface area contributed by atoms with Crippen LogP contribution in [0, 0.1) is 5.82 Å². The maximum absolute atomic E-state index is 15.4. The van der Waals surface area contributed by atoms with E-state index in [1.807, 2.05) is 6.92 Å². The quantitative estimate of drug-likeness (QED) is 0.121. The Hall–Kier alpha value is -5.34. The number of amides is 2. The van der Waals surface area contributed by atoms with Crippen molar-refractivity contribution in [2.45, 2.75) is 91.4 Å². The number of aliphatic hydroxyl groups is 1. The van der Waals surface area contributed by atoms with Crippen LogP contribution in [0.4, 0.5) is 14.9 Å². The number of hydrogen-bond acceptors (Lipinski definition) is 10. The van der Waals surface area contributed by atoms with Gasteiger partial charge < -0.3 is 39.3 Å². The molecule has 0 radical (unpaired) electrons. The first-order valence-electron chi connectivity index (χ1n) is 17.6. The Bertz CT molecular complexity index is 2160. The number of nitrogens with one attached hydrogen (secondary N) is 2. The van der Waals surface area contributed by atoms with Crippen molar-refractivity contribution in [1.29, 1.82) is 0 Å². The van der Waals surface area contributed by atoms with Crippen LogP contribution in [0.3, 0.4) is 0 Å². The number of carbonyl (C=O) groups is 3. The molecule has 2 atom stereocenters. The first kappa shape index (κ1) is 37.4. The van der Waals surface area contributed by atoms with Crippen LogP contribution in [-0.2, 0) is 55.6 Å². The van der Waals surface area contributed by atoms with E-state index < -0.39 is 41.0 Å². The maximum atomic E-state index is 15.4. The summed E-state index contributed by atoms with van der Waals surface area (Å²) in [7, 11) is 0. The average Bonchev–Trinajstić information content (AvgIpc) is 3.47. The fourth-order valence-corrected chi connectivity index (χ4v) is 6.56. The van der Waals surface area contributed by atoms with Crippen molar-refractivity contribution in [3.63, 3.8) is 0 Å².